The van der Waals surface area contributed by atoms with Crippen molar-refractivity contribution in [1.29, 1.82) is 0 Å². The first kappa shape index (κ1) is 13.8. The van der Waals surface area contributed by atoms with Crippen LogP contribution in [0.1, 0.15) is 0 Å². The monoisotopic (exact) mass is 341 g/mol. The van der Waals surface area contributed by atoms with E-state index in [1.165, 1.54) is 12.1 Å². The van der Waals surface area contributed by atoms with E-state index in [9.17, 15) is 8.42 Å². The third-order valence-electron chi connectivity index (χ3n) is 1.60. The van der Waals surface area contributed by atoms with Crippen molar-refractivity contribution in [1.82, 2.24) is 4.72 Å². The lowest BCUT2D eigenvalue weighted by molar-refractivity contribution is 0.586. The lowest BCUT2D eigenvalue weighted by Gasteiger charge is -2.08. The van der Waals surface area contributed by atoms with Crippen molar-refractivity contribution in [2.45, 2.75) is 4.90 Å². The van der Waals surface area contributed by atoms with Crippen molar-refractivity contribution < 1.29 is 8.42 Å². The molecule has 0 aliphatic rings. The standard InChI is InChI=1S/C9H6BrCl2NO2S/c1-2-3-13-16(14,15)9-7(11)4-6(10)5-8(9)12/h1,4-5,13H,3H2. The second-order valence-electron chi connectivity index (χ2n) is 2.73. The SMILES string of the molecule is C#CCNS(=O)(=O)c1c(Cl)cc(Br)cc1Cl. The van der Waals surface area contributed by atoms with Gasteiger partial charge in [0.05, 0.1) is 16.6 Å². The first-order valence-corrected chi connectivity index (χ1v) is 6.99. The first-order valence-electron chi connectivity index (χ1n) is 3.96. The number of benzene rings is 1. The van der Waals surface area contributed by atoms with Gasteiger partial charge in [-0.2, -0.15) is 4.72 Å². The van der Waals surface area contributed by atoms with Crippen LogP contribution in [0.4, 0.5) is 0 Å². The van der Waals surface area contributed by atoms with E-state index < -0.39 is 10.0 Å². The van der Waals surface area contributed by atoms with E-state index in [2.05, 4.69) is 26.6 Å². The van der Waals surface area contributed by atoms with E-state index in [1.807, 2.05) is 0 Å². The second kappa shape index (κ2) is 5.39. The van der Waals surface area contributed by atoms with E-state index in [4.69, 9.17) is 29.6 Å². The summed E-state index contributed by atoms with van der Waals surface area (Å²) in [5, 5.41) is 0.0628. The number of nitrogens with one attached hydrogen (secondary N) is 1. The quantitative estimate of drug-likeness (QED) is 0.858. The number of halogens is 3. The van der Waals surface area contributed by atoms with Gasteiger partial charge in [0.25, 0.3) is 0 Å². The third kappa shape index (κ3) is 3.12. The molecule has 0 saturated heterocycles. The Hall–Kier alpha value is -0.250. The zero-order valence-electron chi connectivity index (χ0n) is 7.80. The van der Waals surface area contributed by atoms with E-state index in [-0.39, 0.29) is 21.5 Å². The highest BCUT2D eigenvalue weighted by Crippen LogP contribution is 2.32. The molecule has 1 N–H and O–H groups in total. The van der Waals surface area contributed by atoms with Crippen LogP contribution < -0.4 is 4.72 Å². The van der Waals surface area contributed by atoms with Crippen LogP contribution in [-0.4, -0.2) is 15.0 Å². The van der Waals surface area contributed by atoms with Crippen LogP contribution in [0.2, 0.25) is 10.0 Å². The van der Waals surface area contributed by atoms with Gasteiger partial charge in [-0.15, -0.1) is 6.42 Å². The second-order valence-corrected chi connectivity index (χ2v) is 6.16. The van der Waals surface area contributed by atoms with Gasteiger partial charge < -0.3 is 0 Å². The molecule has 0 aromatic heterocycles. The van der Waals surface area contributed by atoms with Gasteiger partial charge in [-0.3, -0.25) is 0 Å². The number of terminal acetylenes is 1. The molecule has 0 heterocycles. The van der Waals surface area contributed by atoms with Crippen LogP contribution in [0.15, 0.2) is 21.5 Å². The number of rotatable bonds is 3. The van der Waals surface area contributed by atoms with Crippen LogP contribution in [0.5, 0.6) is 0 Å². The molecular weight excluding hydrogens is 337 g/mol. The summed E-state index contributed by atoms with van der Waals surface area (Å²) >= 11 is 14.8. The van der Waals surface area contributed by atoms with Gasteiger partial charge in [0.1, 0.15) is 4.90 Å². The molecule has 0 spiro atoms. The summed E-state index contributed by atoms with van der Waals surface area (Å²) < 4.78 is 26.3. The van der Waals surface area contributed by atoms with Gasteiger partial charge in [0, 0.05) is 4.47 Å². The van der Waals surface area contributed by atoms with Crippen LogP contribution in [0, 0.1) is 12.3 Å². The van der Waals surface area contributed by atoms with Crippen molar-refractivity contribution >= 4 is 49.2 Å². The van der Waals surface area contributed by atoms with Crippen molar-refractivity contribution in [3.63, 3.8) is 0 Å². The predicted molar refractivity (Wildman–Crippen MR) is 68.2 cm³/mol. The predicted octanol–water partition coefficient (Wildman–Crippen LogP) is 2.67. The third-order valence-corrected chi connectivity index (χ3v) is 4.38. The van der Waals surface area contributed by atoms with Gasteiger partial charge in [-0.25, -0.2) is 8.42 Å². The minimum absolute atomic E-state index is 0.0314. The lowest BCUT2D eigenvalue weighted by atomic mass is 10.4. The molecule has 1 rings (SSSR count). The van der Waals surface area contributed by atoms with E-state index in [0.717, 1.165) is 0 Å². The van der Waals surface area contributed by atoms with Crippen molar-refractivity contribution in [3.8, 4) is 12.3 Å². The minimum atomic E-state index is -3.78. The molecule has 0 aliphatic carbocycles. The summed E-state index contributed by atoms with van der Waals surface area (Å²) in [6.07, 6.45) is 4.96. The van der Waals surface area contributed by atoms with Crippen molar-refractivity contribution in [2.24, 2.45) is 0 Å². The van der Waals surface area contributed by atoms with Crippen LogP contribution in [0.3, 0.4) is 0 Å². The zero-order valence-corrected chi connectivity index (χ0v) is 11.7. The molecule has 0 fully saturated rings. The van der Waals surface area contributed by atoms with Gasteiger partial charge in [0.15, 0.2) is 0 Å². The van der Waals surface area contributed by atoms with Gasteiger partial charge in [-0.05, 0) is 12.1 Å². The van der Waals surface area contributed by atoms with Crippen molar-refractivity contribution in [3.05, 3.63) is 26.7 Å². The lowest BCUT2D eigenvalue weighted by Crippen LogP contribution is -2.24. The fourth-order valence-electron chi connectivity index (χ4n) is 0.995. The molecule has 0 saturated carbocycles. The summed E-state index contributed by atoms with van der Waals surface area (Å²) in [6.45, 7) is -0.120. The molecule has 7 heteroatoms. The Bertz CT molecular complexity index is 528. The average molecular weight is 343 g/mol. The maximum Gasteiger partial charge on any atom is 0.244 e. The van der Waals surface area contributed by atoms with Gasteiger partial charge in [-0.1, -0.05) is 45.1 Å². The first-order chi connectivity index (χ1) is 7.38. The minimum Gasteiger partial charge on any atom is -0.207 e. The maximum absolute atomic E-state index is 11.8. The molecule has 0 aliphatic heterocycles. The normalized spacial score (nSPS) is 11.1. The molecule has 0 radical (unpaired) electrons. The van der Waals surface area contributed by atoms with Crippen LogP contribution in [0.25, 0.3) is 0 Å². The molecule has 1 aromatic rings. The topological polar surface area (TPSA) is 46.2 Å². The zero-order chi connectivity index (χ0) is 12.3. The Balaban J connectivity index is 3.29. The molecule has 0 unspecified atom stereocenters. The highest BCUT2D eigenvalue weighted by molar-refractivity contribution is 9.10. The highest BCUT2D eigenvalue weighted by Gasteiger charge is 2.21. The van der Waals surface area contributed by atoms with E-state index in [0.29, 0.717) is 4.47 Å². The summed E-state index contributed by atoms with van der Waals surface area (Å²) in [6, 6.07) is 2.88. The molecule has 0 atom stereocenters. The smallest absolute Gasteiger partial charge is 0.207 e. The molecule has 1 aromatic carbocycles. The van der Waals surface area contributed by atoms with Crippen LogP contribution >= 0.6 is 39.1 Å². The summed E-state index contributed by atoms with van der Waals surface area (Å²) in [7, 11) is -3.78. The Morgan fingerprint density at radius 2 is 1.88 bits per heavy atom. The molecule has 3 nitrogen and oxygen atoms in total. The van der Waals surface area contributed by atoms with E-state index >= 15 is 0 Å². The van der Waals surface area contributed by atoms with Crippen molar-refractivity contribution in [2.75, 3.05) is 6.54 Å². The number of hydrogen-bond donors (Lipinski definition) is 1. The molecular formula is C9H6BrCl2NO2S. The molecule has 0 bridgehead atoms. The average Bonchev–Trinajstić information content (AvgIpc) is 2.12. The summed E-state index contributed by atoms with van der Waals surface area (Å²) in [5.74, 6) is 2.16. The Kier molecular flexibility index (Phi) is 4.65. The van der Waals surface area contributed by atoms with Gasteiger partial charge >= 0.3 is 0 Å². The maximum atomic E-state index is 11.8. The molecule has 0 amide bonds. The Morgan fingerprint density at radius 3 is 2.31 bits per heavy atom. The number of sulfonamides is 1. The fourth-order valence-corrected chi connectivity index (χ4v) is 3.86. The van der Waals surface area contributed by atoms with E-state index in [1.54, 1.807) is 0 Å². The summed E-state index contributed by atoms with van der Waals surface area (Å²) in [4.78, 5) is -0.172. The Labute approximate surface area is 112 Å². The molecule has 16 heavy (non-hydrogen) atoms. The largest absolute Gasteiger partial charge is 0.244 e. The molecule has 86 valence electrons. The Morgan fingerprint density at radius 1 is 1.38 bits per heavy atom. The summed E-state index contributed by atoms with van der Waals surface area (Å²) in [5.41, 5.74) is 0. The van der Waals surface area contributed by atoms with Gasteiger partial charge in [0.2, 0.25) is 10.0 Å². The highest BCUT2D eigenvalue weighted by atomic mass is 79.9. The van der Waals surface area contributed by atoms with Crippen LogP contribution in [-0.2, 0) is 10.0 Å². The number of hydrogen-bond acceptors (Lipinski definition) is 2. The fraction of sp³-hybridized carbons (Fsp3) is 0.111.